The van der Waals surface area contributed by atoms with E-state index in [0.717, 1.165) is 11.1 Å². The van der Waals surface area contributed by atoms with E-state index in [0.29, 0.717) is 19.7 Å². The topological polar surface area (TPSA) is 45.3 Å². The van der Waals surface area contributed by atoms with E-state index in [1.165, 1.54) is 10.9 Å². The smallest absolute Gasteiger partial charge is 0.410 e. The van der Waals surface area contributed by atoms with E-state index in [-0.39, 0.29) is 6.09 Å². The molecule has 88 valence electrons. The maximum Gasteiger partial charge on any atom is 0.410 e. The quantitative estimate of drug-likeness (QED) is 0.818. The molecule has 0 radical (unpaired) electrons. The molecule has 1 aromatic carbocycles. The van der Waals surface area contributed by atoms with Gasteiger partial charge in [0.25, 0.3) is 0 Å². The summed E-state index contributed by atoms with van der Waals surface area (Å²) in [5.74, 6) is 0. The van der Waals surface area contributed by atoms with Gasteiger partial charge in [-0.1, -0.05) is 12.1 Å². The number of amides is 1. The first kappa shape index (κ1) is 10.2. The lowest BCUT2D eigenvalue weighted by atomic mass is 10.0. The molecule has 1 aliphatic heterocycles. The van der Waals surface area contributed by atoms with Gasteiger partial charge in [0.15, 0.2) is 0 Å². The summed E-state index contributed by atoms with van der Waals surface area (Å²) >= 11 is 0. The van der Waals surface area contributed by atoms with Gasteiger partial charge in [-0.3, -0.25) is 4.90 Å². The van der Waals surface area contributed by atoms with Crippen LogP contribution in [0.5, 0.6) is 0 Å². The second-order valence-electron chi connectivity index (χ2n) is 4.21. The molecular weight excluding hydrogens is 216 g/mol. The van der Waals surface area contributed by atoms with Gasteiger partial charge in [-0.25, -0.2) is 4.79 Å². The molecule has 0 fully saturated rings. The Labute approximate surface area is 99.2 Å². The highest BCUT2D eigenvalue weighted by Crippen LogP contribution is 2.29. The molecule has 1 aromatic heterocycles. The highest BCUT2D eigenvalue weighted by Gasteiger charge is 2.23. The number of aromatic amines is 1. The number of aromatic nitrogens is 1. The summed E-state index contributed by atoms with van der Waals surface area (Å²) in [4.78, 5) is 16.7. The molecule has 4 heteroatoms. The van der Waals surface area contributed by atoms with Crippen LogP contribution in [0.25, 0.3) is 10.9 Å². The summed E-state index contributed by atoms with van der Waals surface area (Å²) in [6.45, 7) is 3.49. The average molecular weight is 230 g/mol. The molecule has 2 aromatic rings. The van der Waals surface area contributed by atoms with E-state index >= 15 is 0 Å². The molecular formula is C13H14N2O2. The van der Waals surface area contributed by atoms with Gasteiger partial charge in [0.1, 0.15) is 0 Å². The van der Waals surface area contributed by atoms with Crippen LogP contribution >= 0.6 is 0 Å². The summed E-state index contributed by atoms with van der Waals surface area (Å²) in [7, 11) is 0. The second-order valence-corrected chi connectivity index (χ2v) is 4.21. The van der Waals surface area contributed by atoms with Crippen molar-refractivity contribution in [2.45, 2.75) is 20.0 Å². The minimum atomic E-state index is -0.239. The number of ether oxygens (including phenoxy) is 1. The predicted octanol–water partition coefficient (Wildman–Crippen LogP) is 2.64. The van der Waals surface area contributed by atoms with Crippen LogP contribution in [-0.4, -0.2) is 22.6 Å². The number of carbonyl (C=O) groups is 1. The Bertz CT molecular complexity index is 574. The van der Waals surface area contributed by atoms with Crippen molar-refractivity contribution in [1.82, 2.24) is 9.88 Å². The van der Waals surface area contributed by atoms with Crippen LogP contribution in [0, 0.1) is 0 Å². The molecule has 0 unspecified atom stereocenters. The van der Waals surface area contributed by atoms with Crippen molar-refractivity contribution in [2.24, 2.45) is 0 Å². The highest BCUT2D eigenvalue weighted by atomic mass is 16.6. The van der Waals surface area contributed by atoms with Crippen molar-refractivity contribution in [3.63, 3.8) is 0 Å². The van der Waals surface area contributed by atoms with Gasteiger partial charge in [0.05, 0.1) is 19.7 Å². The fraction of sp³-hybridized carbons (Fsp3) is 0.308. The maximum atomic E-state index is 11.7. The van der Waals surface area contributed by atoms with Crippen molar-refractivity contribution in [3.8, 4) is 0 Å². The number of nitrogens with zero attached hydrogens (tertiary/aromatic N) is 1. The third kappa shape index (κ3) is 1.56. The molecule has 0 aliphatic carbocycles. The standard InChI is InChI=1S/C13H14N2O2/c1-2-17-13(16)15-7-9-4-3-5-11-12(9)10(8-15)6-14-11/h3-6,14H,2,7-8H2,1H3. The lowest BCUT2D eigenvalue weighted by Crippen LogP contribution is -2.32. The summed E-state index contributed by atoms with van der Waals surface area (Å²) in [5.41, 5.74) is 3.48. The van der Waals surface area contributed by atoms with E-state index in [4.69, 9.17) is 4.74 Å². The zero-order chi connectivity index (χ0) is 11.8. The number of rotatable bonds is 1. The van der Waals surface area contributed by atoms with Gasteiger partial charge >= 0.3 is 6.09 Å². The van der Waals surface area contributed by atoms with Crippen LogP contribution in [0.2, 0.25) is 0 Å². The summed E-state index contributed by atoms with van der Waals surface area (Å²) < 4.78 is 5.05. The molecule has 1 N–H and O–H groups in total. The highest BCUT2D eigenvalue weighted by molar-refractivity contribution is 5.88. The third-order valence-electron chi connectivity index (χ3n) is 3.12. The molecule has 3 rings (SSSR count). The first-order valence-corrected chi connectivity index (χ1v) is 5.79. The summed E-state index contributed by atoms with van der Waals surface area (Å²) in [5, 5.41) is 1.26. The molecule has 1 aliphatic rings. The van der Waals surface area contributed by atoms with Gasteiger partial charge in [0.2, 0.25) is 0 Å². The number of benzene rings is 1. The van der Waals surface area contributed by atoms with E-state index in [9.17, 15) is 4.79 Å². The molecule has 0 atom stereocenters. The van der Waals surface area contributed by atoms with Crippen LogP contribution in [0.1, 0.15) is 18.1 Å². The first-order valence-electron chi connectivity index (χ1n) is 5.79. The fourth-order valence-electron chi connectivity index (χ4n) is 2.40. The number of hydrogen-bond acceptors (Lipinski definition) is 2. The number of nitrogens with one attached hydrogen (secondary N) is 1. The van der Waals surface area contributed by atoms with Gasteiger partial charge < -0.3 is 9.72 Å². The van der Waals surface area contributed by atoms with Crippen LogP contribution in [0.4, 0.5) is 4.79 Å². The molecule has 0 spiro atoms. The third-order valence-corrected chi connectivity index (χ3v) is 3.12. The lowest BCUT2D eigenvalue weighted by Gasteiger charge is -2.26. The van der Waals surface area contributed by atoms with Crippen molar-refractivity contribution >= 4 is 17.0 Å². The second kappa shape index (κ2) is 3.80. The number of H-pyrrole nitrogens is 1. The Morgan fingerprint density at radius 3 is 3.06 bits per heavy atom. The van der Waals surface area contributed by atoms with Crippen LogP contribution in [0.15, 0.2) is 24.4 Å². The SMILES string of the molecule is CCOC(=O)N1Cc2cccc3[nH]cc(c23)C1. The van der Waals surface area contributed by atoms with Gasteiger partial charge in [0, 0.05) is 17.1 Å². The van der Waals surface area contributed by atoms with Gasteiger partial charge in [-0.05, 0) is 24.1 Å². The fourth-order valence-corrected chi connectivity index (χ4v) is 2.40. The normalized spacial score (nSPS) is 14.1. The maximum absolute atomic E-state index is 11.7. The minimum absolute atomic E-state index is 0.239. The Balaban J connectivity index is 1.98. The Morgan fingerprint density at radius 2 is 2.24 bits per heavy atom. The minimum Gasteiger partial charge on any atom is -0.450 e. The Kier molecular flexibility index (Phi) is 2.28. The molecule has 0 bridgehead atoms. The number of carbonyl (C=O) groups excluding carboxylic acids is 1. The van der Waals surface area contributed by atoms with E-state index < -0.39 is 0 Å². The van der Waals surface area contributed by atoms with Crippen molar-refractivity contribution in [2.75, 3.05) is 6.61 Å². The summed E-state index contributed by atoms with van der Waals surface area (Å²) in [6.07, 6.45) is 1.73. The lowest BCUT2D eigenvalue weighted by molar-refractivity contribution is 0.101. The Hall–Kier alpha value is -1.97. The first-order chi connectivity index (χ1) is 8.29. The predicted molar refractivity (Wildman–Crippen MR) is 64.6 cm³/mol. The molecule has 0 saturated carbocycles. The summed E-state index contributed by atoms with van der Waals surface area (Å²) in [6, 6.07) is 6.13. The monoisotopic (exact) mass is 230 g/mol. The molecule has 17 heavy (non-hydrogen) atoms. The van der Waals surface area contributed by atoms with E-state index in [1.807, 2.05) is 19.2 Å². The Morgan fingerprint density at radius 1 is 1.41 bits per heavy atom. The van der Waals surface area contributed by atoms with Crippen LogP contribution < -0.4 is 0 Å². The molecule has 0 saturated heterocycles. The number of hydrogen-bond donors (Lipinski definition) is 1. The van der Waals surface area contributed by atoms with E-state index in [2.05, 4.69) is 17.1 Å². The van der Waals surface area contributed by atoms with Gasteiger partial charge in [-0.2, -0.15) is 0 Å². The zero-order valence-electron chi connectivity index (χ0n) is 9.69. The van der Waals surface area contributed by atoms with Crippen molar-refractivity contribution in [1.29, 1.82) is 0 Å². The van der Waals surface area contributed by atoms with E-state index in [1.54, 1.807) is 4.90 Å². The van der Waals surface area contributed by atoms with Gasteiger partial charge in [-0.15, -0.1) is 0 Å². The average Bonchev–Trinajstić information content (AvgIpc) is 2.75. The molecule has 4 nitrogen and oxygen atoms in total. The van der Waals surface area contributed by atoms with Crippen molar-refractivity contribution < 1.29 is 9.53 Å². The van der Waals surface area contributed by atoms with Crippen LogP contribution in [0.3, 0.4) is 0 Å². The van der Waals surface area contributed by atoms with Crippen LogP contribution in [-0.2, 0) is 17.8 Å². The largest absolute Gasteiger partial charge is 0.450 e. The molecule has 2 heterocycles. The van der Waals surface area contributed by atoms with Crippen molar-refractivity contribution in [3.05, 3.63) is 35.5 Å². The zero-order valence-corrected chi connectivity index (χ0v) is 9.69. The molecule has 1 amide bonds.